The molecule has 4 saturated carbocycles. The van der Waals surface area contributed by atoms with Crippen LogP contribution in [0.15, 0.2) is 125 Å². The Bertz CT molecular complexity index is 2080. The summed E-state index contributed by atoms with van der Waals surface area (Å²) in [5, 5.41) is 0. The molecular weight excluding hydrogens is 623 g/mol. The summed E-state index contributed by atoms with van der Waals surface area (Å²) in [5.74, 6) is 3.34. The SMILES string of the molecule is CC1(C)CCC(C)(C)c2cc(N(c3ccccc3)c3ccc4c(c3)Sc3cc(-c5ccccc5)ccc3C43C4CC5CC(C4)CC3C5)ccc21. The minimum absolute atomic E-state index is 0.121. The third-order valence-corrected chi connectivity index (χ3v) is 15.1. The average molecular weight is 672 g/mol. The lowest BCUT2D eigenvalue weighted by Crippen LogP contribution is -2.57. The van der Waals surface area contributed by atoms with Gasteiger partial charge in [0, 0.05) is 32.3 Å². The quantitative estimate of drug-likeness (QED) is 0.187. The number of para-hydroxylation sites is 1. The predicted molar refractivity (Wildman–Crippen MR) is 210 cm³/mol. The van der Waals surface area contributed by atoms with E-state index in [0.717, 1.165) is 23.7 Å². The van der Waals surface area contributed by atoms with Crippen LogP contribution in [0.4, 0.5) is 17.1 Å². The summed E-state index contributed by atoms with van der Waals surface area (Å²) in [6, 6.07) is 44.5. The van der Waals surface area contributed by atoms with Gasteiger partial charge in [-0.2, -0.15) is 0 Å². The van der Waals surface area contributed by atoms with Crippen molar-refractivity contribution in [1.29, 1.82) is 0 Å². The Morgan fingerprint density at radius 1 is 0.480 bits per heavy atom. The fourth-order valence-corrected chi connectivity index (χ4v) is 12.9. The van der Waals surface area contributed by atoms with Crippen LogP contribution >= 0.6 is 11.8 Å². The fraction of sp³-hybridized carbons (Fsp3) is 0.375. The maximum absolute atomic E-state index is 2.58. The molecule has 0 saturated heterocycles. The summed E-state index contributed by atoms with van der Waals surface area (Å²) in [6.45, 7) is 9.74. The molecule has 1 nitrogen and oxygen atoms in total. The molecule has 5 aromatic rings. The highest BCUT2D eigenvalue weighted by atomic mass is 32.2. The summed E-state index contributed by atoms with van der Waals surface area (Å²) >= 11 is 2.03. The topological polar surface area (TPSA) is 3.24 Å². The second-order valence-electron chi connectivity index (χ2n) is 17.7. The van der Waals surface area contributed by atoms with Crippen molar-refractivity contribution in [2.75, 3.05) is 4.90 Å². The van der Waals surface area contributed by atoms with Crippen LogP contribution in [0, 0.1) is 23.7 Å². The summed E-state index contributed by atoms with van der Waals surface area (Å²) in [5.41, 5.74) is 13.1. The highest BCUT2D eigenvalue weighted by molar-refractivity contribution is 7.99. The molecule has 4 bridgehead atoms. The lowest BCUT2D eigenvalue weighted by molar-refractivity contribution is -0.0443. The molecule has 0 aromatic heterocycles. The van der Waals surface area contributed by atoms with E-state index in [1.807, 2.05) is 11.8 Å². The minimum Gasteiger partial charge on any atom is -0.310 e. The van der Waals surface area contributed by atoms with Gasteiger partial charge in [0.05, 0.1) is 0 Å². The normalized spacial score (nSPS) is 27.8. The molecule has 0 unspecified atom stereocenters. The number of rotatable bonds is 4. The van der Waals surface area contributed by atoms with Crippen molar-refractivity contribution in [2.24, 2.45) is 23.7 Å². The van der Waals surface area contributed by atoms with Gasteiger partial charge in [-0.05, 0) is 155 Å². The zero-order valence-electron chi connectivity index (χ0n) is 30.1. The Kier molecular flexibility index (Phi) is 6.90. The lowest BCUT2D eigenvalue weighted by Gasteiger charge is -2.63. The molecule has 1 heterocycles. The second kappa shape index (κ2) is 11.1. The molecule has 5 aliphatic carbocycles. The fourth-order valence-electron chi connectivity index (χ4n) is 11.6. The van der Waals surface area contributed by atoms with E-state index in [4.69, 9.17) is 0 Å². The van der Waals surface area contributed by atoms with E-state index in [0.29, 0.717) is 0 Å². The van der Waals surface area contributed by atoms with Crippen LogP contribution in [0.3, 0.4) is 0 Å². The van der Waals surface area contributed by atoms with Gasteiger partial charge < -0.3 is 4.90 Å². The first-order valence-corrected chi connectivity index (χ1v) is 20.0. The second-order valence-corrected chi connectivity index (χ2v) is 18.8. The molecular formula is C48H49NS. The zero-order chi connectivity index (χ0) is 33.8. The zero-order valence-corrected chi connectivity index (χ0v) is 30.9. The summed E-state index contributed by atoms with van der Waals surface area (Å²) in [6.07, 6.45) is 9.52. The number of benzene rings is 5. The summed E-state index contributed by atoms with van der Waals surface area (Å²) < 4.78 is 0. The molecule has 1 aliphatic heterocycles. The largest absolute Gasteiger partial charge is 0.310 e. The van der Waals surface area contributed by atoms with Gasteiger partial charge in [-0.1, -0.05) is 112 Å². The third kappa shape index (κ3) is 4.59. The van der Waals surface area contributed by atoms with Crippen LogP contribution in [0.1, 0.15) is 94.9 Å². The van der Waals surface area contributed by atoms with E-state index in [1.165, 1.54) is 94.1 Å². The van der Waals surface area contributed by atoms with Crippen molar-refractivity contribution in [2.45, 2.75) is 98.7 Å². The van der Waals surface area contributed by atoms with Crippen LogP contribution in [-0.4, -0.2) is 0 Å². The summed E-state index contributed by atoms with van der Waals surface area (Å²) in [7, 11) is 0. The average Bonchev–Trinajstić information content (AvgIpc) is 3.12. The van der Waals surface area contributed by atoms with Crippen LogP contribution in [-0.2, 0) is 16.2 Å². The Labute approximate surface area is 303 Å². The van der Waals surface area contributed by atoms with Gasteiger partial charge in [-0.25, -0.2) is 0 Å². The predicted octanol–water partition coefficient (Wildman–Crippen LogP) is 13.4. The van der Waals surface area contributed by atoms with E-state index >= 15 is 0 Å². The van der Waals surface area contributed by atoms with Crippen LogP contribution < -0.4 is 4.90 Å². The molecule has 0 N–H and O–H groups in total. The molecule has 0 amide bonds. The van der Waals surface area contributed by atoms with E-state index in [1.54, 1.807) is 11.1 Å². The highest BCUT2D eigenvalue weighted by Gasteiger charge is 2.60. The standard InChI is InChI=1S/C48H49NS/c1-46(2)21-22-47(3,4)43-29-38(16-19-40(43)46)49(37-13-9-6-10-14-37)39-17-20-42-45(30-39)50-44-28-34(33-11-7-5-8-12-33)15-18-41(44)48(42)35-24-31-23-32(26-35)27-36(48)25-31/h5-20,28-32,35-36H,21-27H2,1-4H3. The van der Waals surface area contributed by atoms with Crippen molar-refractivity contribution in [1.82, 2.24) is 0 Å². The first-order chi connectivity index (χ1) is 24.2. The molecule has 11 rings (SSSR count). The number of fused-ring (bicyclic) bond motifs is 3. The van der Waals surface area contributed by atoms with E-state index in [2.05, 4.69) is 148 Å². The number of hydrogen-bond donors (Lipinski definition) is 0. The van der Waals surface area contributed by atoms with E-state index < -0.39 is 0 Å². The van der Waals surface area contributed by atoms with Crippen LogP contribution in [0.25, 0.3) is 11.1 Å². The molecule has 0 radical (unpaired) electrons. The molecule has 6 aliphatic rings. The van der Waals surface area contributed by atoms with E-state index in [-0.39, 0.29) is 16.2 Å². The van der Waals surface area contributed by atoms with Gasteiger partial charge in [0.15, 0.2) is 0 Å². The number of anilines is 3. The minimum atomic E-state index is 0.121. The molecule has 5 aromatic carbocycles. The molecule has 2 heteroatoms. The van der Waals surface area contributed by atoms with Gasteiger partial charge in [0.1, 0.15) is 0 Å². The third-order valence-electron chi connectivity index (χ3n) is 14.0. The van der Waals surface area contributed by atoms with Gasteiger partial charge >= 0.3 is 0 Å². The molecule has 4 fully saturated rings. The smallest absolute Gasteiger partial charge is 0.0473 e. The van der Waals surface area contributed by atoms with Crippen molar-refractivity contribution < 1.29 is 0 Å². The van der Waals surface area contributed by atoms with Crippen molar-refractivity contribution in [3.05, 3.63) is 138 Å². The van der Waals surface area contributed by atoms with E-state index in [9.17, 15) is 0 Å². The Balaban J connectivity index is 1.15. The molecule has 0 atom stereocenters. The van der Waals surface area contributed by atoms with Gasteiger partial charge in [0.2, 0.25) is 0 Å². The molecule has 50 heavy (non-hydrogen) atoms. The number of hydrogen-bond acceptors (Lipinski definition) is 2. The van der Waals surface area contributed by atoms with Gasteiger partial charge in [-0.15, -0.1) is 0 Å². The van der Waals surface area contributed by atoms with Crippen molar-refractivity contribution >= 4 is 28.8 Å². The lowest BCUT2D eigenvalue weighted by atomic mass is 9.42. The van der Waals surface area contributed by atoms with Gasteiger partial charge in [0.25, 0.3) is 0 Å². The maximum atomic E-state index is 2.58. The molecule has 1 spiro atoms. The van der Waals surface area contributed by atoms with Crippen molar-refractivity contribution in [3.8, 4) is 11.1 Å². The Morgan fingerprint density at radius 3 is 1.68 bits per heavy atom. The van der Waals surface area contributed by atoms with Crippen LogP contribution in [0.2, 0.25) is 0 Å². The molecule has 252 valence electrons. The summed E-state index contributed by atoms with van der Waals surface area (Å²) in [4.78, 5) is 5.47. The van der Waals surface area contributed by atoms with Crippen molar-refractivity contribution in [3.63, 3.8) is 0 Å². The first kappa shape index (κ1) is 31.0. The Hall–Kier alpha value is -3.75. The highest BCUT2D eigenvalue weighted by Crippen LogP contribution is 2.69. The van der Waals surface area contributed by atoms with Gasteiger partial charge in [-0.3, -0.25) is 0 Å². The Morgan fingerprint density at radius 2 is 1.02 bits per heavy atom. The van der Waals surface area contributed by atoms with Crippen LogP contribution in [0.5, 0.6) is 0 Å². The monoisotopic (exact) mass is 671 g/mol. The maximum Gasteiger partial charge on any atom is 0.0473 e. The first-order valence-electron chi connectivity index (χ1n) is 19.2. The number of nitrogens with zero attached hydrogens (tertiary/aromatic N) is 1.